The number of hydrogen-bond donors (Lipinski definition) is 2. The summed E-state index contributed by atoms with van der Waals surface area (Å²) in [6.45, 7) is 4.09. The molecule has 1 aliphatic rings. The largest absolute Gasteiger partial charge is 0.478 e. The lowest BCUT2D eigenvalue weighted by molar-refractivity contribution is 0.0696. The van der Waals surface area contributed by atoms with Gasteiger partial charge >= 0.3 is 5.97 Å². The van der Waals surface area contributed by atoms with Crippen LogP contribution in [0.2, 0.25) is 0 Å². The van der Waals surface area contributed by atoms with Crippen molar-refractivity contribution in [2.45, 2.75) is 38.0 Å². The van der Waals surface area contributed by atoms with Crippen LogP contribution in [-0.2, 0) is 10.0 Å². The van der Waals surface area contributed by atoms with Crippen molar-refractivity contribution < 1.29 is 18.3 Å². The zero-order chi connectivity index (χ0) is 15.8. The molecule has 1 aromatic carbocycles. The molecule has 2 rings (SSSR count). The summed E-state index contributed by atoms with van der Waals surface area (Å²) in [5, 5.41) is 9.07. The van der Waals surface area contributed by atoms with Gasteiger partial charge in [0, 0.05) is 11.0 Å². The molecule has 0 amide bonds. The summed E-state index contributed by atoms with van der Waals surface area (Å²) in [7, 11) is -3.74. The number of carboxylic acids is 1. The van der Waals surface area contributed by atoms with Gasteiger partial charge in [-0.2, -0.15) is 0 Å². The first-order chi connectivity index (χ1) is 9.65. The number of aromatic carboxylic acids is 1. The van der Waals surface area contributed by atoms with Crippen LogP contribution in [0.3, 0.4) is 0 Å². The molecule has 1 fully saturated rings. The molecule has 0 spiro atoms. The van der Waals surface area contributed by atoms with Crippen LogP contribution >= 0.6 is 15.9 Å². The van der Waals surface area contributed by atoms with E-state index in [1.165, 1.54) is 12.1 Å². The quantitative estimate of drug-likeness (QED) is 0.828. The third-order valence-electron chi connectivity index (χ3n) is 4.01. The van der Waals surface area contributed by atoms with Gasteiger partial charge in [-0.25, -0.2) is 17.9 Å². The Morgan fingerprint density at radius 2 is 2.05 bits per heavy atom. The maximum atomic E-state index is 12.4. The van der Waals surface area contributed by atoms with E-state index in [0.29, 0.717) is 16.6 Å². The van der Waals surface area contributed by atoms with E-state index in [1.807, 2.05) is 6.92 Å². The molecule has 21 heavy (non-hydrogen) atoms. The highest BCUT2D eigenvalue weighted by molar-refractivity contribution is 9.10. The maximum absolute atomic E-state index is 12.4. The van der Waals surface area contributed by atoms with Gasteiger partial charge in [0.25, 0.3) is 0 Å². The Labute approximate surface area is 132 Å². The van der Waals surface area contributed by atoms with E-state index in [1.54, 1.807) is 6.92 Å². The molecule has 0 unspecified atom stereocenters. The van der Waals surface area contributed by atoms with Gasteiger partial charge in [-0.05, 0) is 58.8 Å². The van der Waals surface area contributed by atoms with E-state index in [9.17, 15) is 13.2 Å². The lowest BCUT2D eigenvalue weighted by atomic mass is 9.71. The minimum Gasteiger partial charge on any atom is -0.478 e. The summed E-state index contributed by atoms with van der Waals surface area (Å²) in [6, 6.07) is 2.63. The van der Waals surface area contributed by atoms with E-state index in [0.717, 1.165) is 19.3 Å². The second kappa shape index (κ2) is 5.70. The van der Waals surface area contributed by atoms with Crippen molar-refractivity contribution in [2.75, 3.05) is 6.54 Å². The monoisotopic (exact) mass is 375 g/mol. The highest BCUT2D eigenvalue weighted by atomic mass is 79.9. The fourth-order valence-corrected chi connectivity index (χ4v) is 4.60. The summed E-state index contributed by atoms with van der Waals surface area (Å²) in [4.78, 5) is 11.1. The minimum atomic E-state index is -3.74. The number of hydrogen-bond acceptors (Lipinski definition) is 3. The van der Waals surface area contributed by atoms with E-state index >= 15 is 0 Å². The van der Waals surface area contributed by atoms with Gasteiger partial charge in [-0.1, -0.05) is 13.3 Å². The number of benzene rings is 1. The number of carbonyl (C=O) groups is 1. The van der Waals surface area contributed by atoms with Gasteiger partial charge in [0.1, 0.15) is 0 Å². The first-order valence-corrected chi connectivity index (χ1v) is 8.95. The third kappa shape index (κ3) is 3.46. The van der Waals surface area contributed by atoms with Crippen molar-refractivity contribution in [3.05, 3.63) is 27.7 Å². The van der Waals surface area contributed by atoms with E-state index in [4.69, 9.17) is 5.11 Å². The summed E-state index contributed by atoms with van der Waals surface area (Å²) in [5.74, 6) is -1.15. The molecule has 0 bridgehead atoms. The first kappa shape index (κ1) is 16.5. The fraction of sp³-hybridized carbons (Fsp3) is 0.500. The van der Waals surface area contributed by atoms with Gasteiger partial charge in [-0.15, -0.1) is 0 Å². The van der Waals surface area contributed by atoms with Crippen molar-refractivity contribution in [2.24, 2.45) is 5.41 Å². The fourth-order valence-electron chi connectivity index (χ4n) is 2.36. The average Bonchev–Trinajstić information content (AvgIpc) is 2.36. The Bertz CT molecular complexity index is 680. The van der Waals surface area contributed by atoms with E-state index in [2.05, 4.69) is 20.7 Å². The third-order valence-corrected chi connectivity index (χ3v) is 6.75. The second-order valence-corrected chi connectivity index (χ2v) is 8.43. The molecule has 7 heteroatoms. The summed E-state index contributed by atoms with van der Waals surface area (Å²) in [5.41, 5.74) is 0.551. The lowest BCUT2D eigenvalue weighted by Gasteiger charge is -2.38. The van der Waals surface area contributed by atoms with Crippen LogP contribution in [0.15, 0.2) is 21.5 Å². The predicted octanol–water partition coefficient (Wildman–Crippen LogP) is 2.92. The number of rotatable bonds is 5. The molecule has 1 saturated carbocycles. The summed E-state index contributed by atoms with van der Waals surface area (Å²) < 4.78 is 27.9. The maximum Gasteiger partial charge on any atom is 0.335 e. The number of carboxylic acid groups (broad SMARTS) is 1. The molecule has 1 aromatic rings. The molecule has 2 N–H and O–H groups in total. The minimum absolute atomic E-state index is 0.0129. The van der Waals surface area contributed by atoms with Gasteiger partial charge in [0.15, 0.2) is 0 Å². The predicted molar refractivity (Wildman–Crippen MR) is 83.0 cm³/mol. The summed E-state index contributed by atoms with van der Waals surface area (Å²) in [6.07, 6.45) is 3.13. The van der Waals surface area contributed by atoms with E-state index < -0.39 is 16.0 Å². The number of aryl methyl sites for hydroxylation is 1. The van der Waals surface area contributed by atoms with Crippen LogP contribution < -0.4 is 4.72 Å². The molecule has 0 heterocycles. The Balaban J connectivity index is 2.32. The SMILES string of the molecule is Cc1cc(C(=O)O)cc(S(=O)(=O)NCC2(C)CCC2)c1Br. The molecular formula is C14H18BrNO4S. The van der Waals surface area contributed by atoms with Crippen LogP contribution in [0.4, 0.5) is 0 Å². The molecule has 116 valence electrons. The molecule has 1 aliphatic carbocycles. The lowest BCUT2D eigenvalue weighted by Crippen LogP contribution is -2.40. The van der Waals surface area contributed by atoms with Gasteiger partial charge in [0.2, 0.25) is 10.0 Å². The zero-order valence-corrected chi connectivity index (χ0v) is 14.3. The van der Waals surface area contributed by atoms with Gasteiger partial charge in [-0.3, -0.25) is 0 Å². The molecule has 0 aliphatic heterocycles. The van der Waals surface area contributed by atoms with Crippen molar-refractivity contribution in [3.63, 3.8) is 0 Å². The molecule has 0 saturated heterocycles. The Hall–Kier alpha value is -0.920. The molecule has 0 atom stereocenters. The van der Waals surface area contributed by atoms with Gasteiger partial charge < -0.3 is 5.11 Å². The van der Waals surface area contributed by atoms with Crippen molar-refractivity contribution in [1.82, 2.24) is 4.72 Å². The van der Waals surface area contributed by atoms with Crippen molar-refractivity contribution in [3.8, 4) is 0 Å². The Kier molecular flexibility index (Phi) is 4.46. The number of halogens is 1. The molecular weight excluding hydrogens is 358 g/mol. The smallest absolute Gasteiger partial charge is 0.335 e. The number of sulfonamides is 1. The van der Waals surface area contributed by atoms with Crippen LogP contribution in [0.25, 0.3) is 0 Å². The Morgan fingerprint density at radius 1 is 1.43 bits per heavy atom. The van der Waals surface area contributed by atoms with Crippen LogP contribution in [0.5, 0.6) is 0 Å². The highest BCUT2D eigenvalue weighted by Crippen LogP contribution is 2.40. The topological polar surface area (TPSA) is 83.5 Å². The molecule has 5 nitrogen and oxygen atoms in total. The van der Waals surface area contributed by atoms with Crippen LogP contribution in [0, 0.1) is 12.3 Å². The van der Waals surface area contributed by atoms with Gasteiger partial charge in [0.05, 0.1) is 10.5 Å². The van der Waals surface area contributed by atoms with Crippen molar-refractivity contribution >= 4 is 31.9 Å². The second-order valence-electron chi connectivity index (χ2n) is 5.90. The standard InChI is InChI=1S/C14H18BrNO4S/c1-9-6-10(13(17)18)7-11(12(9)15)21(19,20)16-8-14(2)4-3-5-14/h6-7,16H,3-5,8H2,1-2H3,(H,17,18). The normalized spacial score (nSPS) is 17.3. The Morgan fingerprint density at radius 3 is 2.52 bits per heavy atom. The van der Waals surface area contributed by atoms with Crippen LogP contribution in [-0.4, -0.2) is 26.0 Å². The van der Waals surface area contributed by atoms with Crippen molar-refractivity contribution in [1.29, 1.82) is 0 Å². The average molecular weight is 376 g/mol. The first-order valence-electron chi connectivity index (χ1n) is 6.68. The highest BCUT2D eigenvalue weighted by Gasteiger charge is 2.33. The molecule has 0 aromatic heterocycles. The molecule has 0 radical (unpaired) electrons. The summed E-state index contributed by atoms with van der Waals surface area (Å²) >= 11 is 3.24. The van der Waals surface area contributed by atoms with Crippen LogP contribution in [0.1, 0.15) is 42.1 Å². The van der Waals surface area contributed by atoms with E-state index in [-0.39, 0.29) is 15.9 Å². The number of nitrogens with one attached hydrogen (secondary N) is 1. The zero-order valence-electron chi connectivity index (χ0n) is 11.9.